The van der Waals surface area contributed by atoms with Crippen LogP contribution >= 0.6 is 0 Å². The molecule has 0 amide bonds. The van der Waals surface area contributed by atoms with E-state index < -0.39 is 0 Å². The lowest BCUT2D eigenvalue weighted by Gasteiger charge is -2.32. The van der Waals surface area contributed by atoms with E-state index in [0.717, 1.165) is 68.2 Å². The van der Waals surface area contributed by atoms with Gasteiger partial charge in [-0.1, -0.05) is 43.6 Å². The first-order valence-corrected chi connectivity index (χ1v) is 11.9. The molecule has 0 aromatic heterocycles. The van der Waals surface area contributed by atoms with Crippen LogP contribution in [0.3, 0.4) is 0 Å². The smallest absolute Gasteiger partial charge is 0.311 e. The molecule has 0 spiro atoms. The lowest BCUT2D eigenvalue weighted by molar-refractivity contribution is -0.134. The third kappa shape index (κ3) is 6.22. The first-order valence-electron chi connectivity index (χ1n) is 11.9. The normalized spacial score (nSPS) is 25.1. The number of phenols is 1. The Morgan fingerprint density at radius 3 is 2.71 bits per heavy atom. The van der Waals surface area contributed by atoms with Gasteiger partial charge in [-0.25, -0.2) is 0 Å². The highest BCUT2D eigenvalue weighted by atomic mass is 16.5. The summed E-state index contributed by atoms with van der Waals surface area (Å²) in [5, 5.41) is 11.1. The molecular weight excluding hydrogens is 386 g/mol. The standard InChI is InChI=1S/C27H39NO3/c1-6-7-8-9-20-15-24(29)27(23-14-19(4)10-12-22(23)18(2)3)25(16-20)31-26(30)13-11-21-17-28(21)5/h14-16,21-23,29H,2,6-13,17H2,1,3-5H3/t21?,22-,23+,28?/m0/s1. The minimum atomic E-state index is -0.213. The van der Waals surface area contributed by atoms with E-state index in [9.17, 15) is 9.90 Å². The number of benzene rings is 1. The van der Waals surface area contributed by atoms with Crippen molar-refractivity contribution in [2.24, 2.45) is 5.92 Å². The first kappa shape index (κ1) is 23.6. The highest BCUT2D eigenvalue weighted by Crippen LogP contribution is 2.47. The third-order valence-electron chi connectivity index (χ3n) is 6.86. The molecule has 2 aliphatic rings. The van der Waals surface area contributed by atoms with E-state index in [0.29, 0.717) is 18.2 Å². The molecule has 2 unspecified atom stereocenters. The van der Waals surface area contributed by atoms with E-state index in [1.54, 1.807) is 0 Å². The van der Waals surface area contributed by atoms with Gasteiger partial charge in [0.05, 0.1) is 0 Å². The number of hydrogen-bond acceptors (Lipinski definition) is 4. The molecule has 1 aromatic rings. The maximum absolute atomic E-state index is 12.7. The fraction of sp³-hybridized carbons (Fsp3) is 0.593. The van der Waals surface area contributed by atoms with E-state index >= 15 is 0 Å². The summed E-state index contributed by atoms with van der Waals surface area (Å²) in [6.45, 7) is 11.6. The number of nitrogens with zero attached hydrogens (tertiary/aromatic N) is 1. The summed E-state index contributed by atoms with van der Waals surface area (Å²) in [6, 6.07) is 4.35. The van der Waals surface area contributed by atoms with E-state index in [1.807, 2.05) is 12.1 Å². The number of phenolic OH excluding ortho intramolecular Hbond substituents is 1. The molecule has 1 aliphatic heterocycles. The SMILES string of the molecule is C=C(C)[C@@H]1CCC(C)=C[C@H]1c1c(O)cc(CCCCC)cc1OC(=O)CCC1CN1C. The lowest BCUT2D eigenvalue weighted by Crippen LogP contribution is -2.19. The van der Waals surface area contributed by atoms with Crippen molar-refractivity contribution in [3.63, 3.8) is 0 Å². The van der Waals surface area contributed by atoms with Crippen LogP contribution in [0.2, 0.25) is 0 Å². The zero-order valence-electron chi connectivity index (χ0n) is 19.7. The van der Waals surface area contributed by atoms with Crippen LogP contribution in [0.4, 0.5) is 0 Å². The van der Waals surface area contributed by atoms with Gasteiger partial charge in [0.2, 0.25) is 0 Å². The Balaban J connectivity index is 1.90. The first-order chi connectivity index (χ1) is 14.8. The monoisotopic (exact) mass is 425 g/mol. The molecule has 0 radical (unpaired) electrons. The predicted molar refractivity (Wildman–Crippen MR) is 127 cm³/mol. The Morgan fingerprint density at radius 1 is 1.32 bits per heavy atom. The Hall–Kier alpha value is -2.07. The minimum absolute atomic E-state index is 0.0201. The summed E-state index contributed by atoms with van der Waals surface area (Å²) in [6.07, 6.45) is 9.72. The van der Waals surface area contributed by atoms with Gasteiger partial charge in [-0.2, -0.15) is 0 Å². The number of ether oxygens (including phenoxy) is 1. The molecule has 0 bridgehead atoms. The number of likely N-dealkylation sites (N-methyl/N-ethyl adjacent to an activating group) is 1. The molecule has 1 fully saturated rings. The van der Waals surface area contributed by atoms with E-state index in [1.165, 1.54) is 5.57 Å². The summed E-state index contributed by atoms with van der Waals surface area (Å²) in [4.78, 5) is 14.9. The number of aromatic hydroxyl groups is 1. The Bertz CT molecular complexity index is 841. The van der Waals surface area contributed by atoms with Crippen LogP contribution in [-0.4, -0.2) is 35.6 Å². The molecule has 1 saturated heterocycles. The highest BCUT2D eigenvalue weighted by Gasteiger charge is 2.32. The number of allylic oxidation sites excluding steroid dienone is 3. The molecule has 4 heteroatoms. The van der Waals surface area contributed by atoms with Crippen molar-refractivity contribution in [2.75, 3.05) is 13.6 Å². The molecule has 0 saturated carbocycles. The fourth-order valence-corrected chi connectivity index (χ4v) is 4.77. The van der Waals surface area contributed by atoms with Gasteiger partial charge in [0, 0.05) is 30.5 Å². The number of aryl methyl sites for hydroxylation is 1. The van der Waals surface area contributed by atoms with Crippen LogP contribution in [-0.2, 0) is 11.2 Å². The lowest BCUT2D eigenvalue weighted by atomic mass is 9.73. The van der Waals surface area contributed by atoms with Gasteiger partial charge >= 0.3 is 5.97 Å². The van der Waals surface area contributed by atoms with Crippen molar-refractivity contribution in [3.8, 4) is 11.5 Å². The van der Waals surface area contributed by atoms with Gasteiger partial charge in [-0.3, -0.25) is 4.79 Å². The Labute approximate surface area is 188 Å². The van der Waals surface area contributed by atoms with Crippen LogP contribution in [0.25, 0.3) is 0 Å². The Kier molecular flexibility index (Phi) is 7.99. The quantitative estimate of drug-likeness (QED) is 0.161. The number of esters is 1. The second-order valence-corrected chi connectivity index (χ2v) is 9.62. The third-order valence-corrected chi connectivity index (χ3v) is 6.86. The van der Waals surface area contributed by atoms with Gasteiger partial charge in [0.15, 0.2) is 0 Å². The topological polar surface area (TPSA) is 49.5 Å². The van der Waals surface area contributed by atoms with Gasteiger partial charge < -0.3 is 14.7 Å². The van der Waals surface area contributed by atoms with Crippen LogP contribution in [0, 0.1) is 5.92 Å². The maximum atomic E-state index is 12.7. The number of carbonyl (C=O) groups is 1. The van der Waals surface area contributed by atoms with Crippen molar-refractivity contribution in [1.82, 2.24) is 4.90 Å². The molecule has 1 aliphatic carbocycles. The molecule has 4 atom stereocenters. The largest absolute Gasteiger partial charge is 0.507 e. The molecular formula is C27H39NO3. The molecule has 1 N–H and O–H groups in total. The fourth-order valence-electron chi connectivity index (χ4n) is 4.77. The van der Waals surface area contributed by atoms with Crippen LogP contribution in [0.5, 0.6) is 11.5 Å². The van der Waals surface area contributed by atoms with Crippen LogP contribution in [0.15, 0.2) is 35.9 Å². The summed E-state index contributed by atoms with van der Waals surface area (Å²) in [7, 11) is 2.07. The van der Waals surface area contributed by atoms with Crippen molar-refractivity contribution in [1.29, 1.82) is 0 Å². The average molecular weight is 426 g/mol. The molecule has 31 heavy (non-hydrogen) atoms. The molecule has 4 nitrogen and oxygen atoms in total. The highest BCUT2D eigenvalue weighted by molar-refractivity contribution is 5.73. The molecule has 1 aromatic carbocycles. The minimum Gasteiger partial charge on any atom is -0.507 e. The van der Waals surface area contributed by atoms with Crippen molar-refractivity contribution in [2.45, 2.75) is 84.1 Å². The Morgan fingerprint density at radius 2 is 2.06 bits per heavy atom. The van der Waals surface area contributed by atoms with E-state index in [2.05, 4.69) is 45.4 Å². The maximum Gasteiger partial charge on any atom is 0.311 e. The summed E-state index contributed by atoms with van der Waals surface area (Å²) >= 11 is 0. The number of hydrogen-bond donors (Lipinski definition) is 1. The molecule has 3 rings (SSSR count). The van der Waals surface area contributed by atoms with Crippen LogP contribution in [0.1, 0.15) is 82.8 Å². The van der Waals surface area contributed by atoms with Crippen molar-refractivity contribution >= 4 is 5.97 Å². The molecule has 170 valence electrons. The number of unbranched alkanes of at least 4 members (excludes halogenated alkanes) is 2. The average Bonchev–Trinajstić information content (AvgIpc) is 3.41. The second kappa shape index (κ2) is 10.5. The predicted octanol–water partition coefficient (Wildman–Crippen LogP) is 6.14. The second-order valence-electron chi connectivity index (χ2n) is 9.62. The number of carbonyl (C=O) groups excluding carboxylic acids is 1. The van der Waals surface area contributed by atoms with Crippen molar-refractivity contribution < 1.29 is 14.6 Å². The van der Waals surface area contributed by atoms with Gasteiger partial charge in [-0.05, 0) is 76.6 Å². The van der Waals surface area contributed by atoms with Gasteiger partial charge in [-0.15, -0.1) is 0 Å². The van der Waals surface area contributed by atoms with Gasteiger partial charge in [0.1, 0.15) is 11.5 Å². The summed E-state index contributed by atoms with van der Waals surface area (Å²) in [5.41, 5.74) is 4.18. The zero-order chi connectivity index (χ0) is 22.5. The summed E-state index contributed by atoms with van der Waals surface area (Å²) in [5.74, 6) is 0.769. The molecule has 1 heterocycles. The van der Waals surface area contributed by atoms with Crippen LogP contribution < -0.4 is 4.74 Å². The summed E-state index contributed by atoms with van der Waals surface area (Å²) < 4.78 is 5.93. The van der Waals surface area contributed by atoms with E-state index in [4.69, 9.17) is 4.74 Å². The number of rotatable bonds is 10. The van der Waals surface area contributed by atoms with E-state index in [-0.39, 0.29) is 23.6 Å². The van der Waals surface area contributed by atoms with Gasteiger partial charge in [0.25, 0.3) is 0 Å². The van der Waals surface area contributed by atoms with Crippen molar-refractivity contribution in [3.05, 3.63) is 47.1 Å². The zero-order valence-corrected chi connectivity index (χ0v) is 19.7.